The van der Waals surface area contributed by atoms with Gasteiger partial charge in [-0.15, -0.1) is 0 Å². The molecule has 0 saturated heterocycles. The zero-order valence-electron chi connectivity index (χ0n) is 23.8. The summed E-state index contributed by atoms with van der Waals surface area (Å²) in [6.45, 7) is 7.48. The number of aryl methyl sites for hydroxylation is 1. The van der Waals surface area contributed by atoms with Gasteiger partial charge in [-0.05, 0) is 25.8 Å². The monoisotopic (exact) mass is 505 g/mol. The molecule has 208 valence electrons. The number of unbranched alkanes of at least 4 members (excludes halogenated alkanes) is 18. The van der Waals surface area contributed by atoms with Crippen LogP contribution >= 0.6 is 0 Å². The van der Waals surface area contributed by atoms with Crippen molar-refractivity contribution in [3.05, 3.63) is 27.8 Å². The van der Waals surface area contributed by atoms with Gasteiger partial charge < -0.3 is 9.47 Å². The van der Waals surface area contributed by atoms with Gasteiger partial charge in [-0.3, -0.25) is 10.1 Å². The predicted octanol–water partition coefficient (Wildman–Crippen LogP) is 10.5. The molecule has 1 rings (SSSR count). The molecule has 36 heavy (non-hydrogen) atoms. The van der Waals surface area contributed by atoms with Gasteiger partial charge in [0.2, 0.25) is 0 Å². The average molecular weight is 506 g/mol. The van der Waals surface area contributed by atoms with Crippen LogP contribution in [0.3, 0.4) is 0 Å². The maximum atomic E-state index is 11.4. The highest BCUT2D eigenvalue weighted by Crippen LogP contribution is 2.35. The summed E-state index contributed by atoms with van der Waals surface area (Å²) in [5, 5.41) is 11.4. The molecule has 0 aliphatic heterocycles. The van der Waals surface area contributed by atoms with E-state index in [0.717, 1.165) is 25.7 Å². The summed E-state index contributed by atoms with van der Waals surface area (Å²) < 4.78 is 12.0. The van der Waals surface area contributed by atoms with Crippen LogP contribution < -0.4 is 9.47 Å². The smallest absolute Gasteiger partial charge is 0.276 e. The van der Waals surface area contributed by atoms with Crippen molar-refractivity contribution in [2.75, 3.05) is 13.2 Å². The van der Waals surface area contributed by atoms with Crippen molar-refractivity contribution in [1.82, 2.24) is 0 Å². The molecule has 0 unspecified atom stereocenters. The molecule has 0 radical (unpaired) electrons. The first kappa shape index (κ1) is 32.2. The number of ether oxygens (including phenoxy) is 2. The molecule has 0 fully saturated rings. The van der Waals surface area contributed by atoms with Crippen LogP contribution in [0.5, 0.6) is 11.5 Å². The maximum Gasteiger partial charge on any atom is 0.276 e. The Morgan fingerprint density at radius 3 is 1.28 bits per heavy atom. The molecule has 0 atom stereocenters. The summed E-state index contributed by atoms with van der Waals surface area (Å²) >= 11 is 0. The highest BCUT2D eigenvalue weighted by atomic mass is 16.6. The van der Waals surface area contributed by atoms with E-state index in [9.17, 15) is 10.1 Å². The second-order valence-electron chi connectivity index (χ2n) is 10.4. The van der Waals surface area contributed by atoms with E-state index >= 15 is 0 Å². The molecule has 0 spiro atoms. The zero-order chi connectivity index (χ0) is 26.3. The van der Waals surface area contributed by atoms with Gasteiger partial charge in [0.15, 0.2) is 11.5 Å². The van der Waals surface area contributed by atoms with Gasteiger partial charge >= 0.3 is 0 Å². The molecular weight excluding hydrogens is 450 g/mol. The highest BCUT2D eigenvalue weighted by Gasteiger charge is 2.17. The maximum absolute atomic E-state index is 11.4. The first-order valence-electron chi connectivity index (χ1n) is 15.1. The molecular formula is C31H55NO4. The quantitative estimate of drug-likeness (QED) is 0.0753. The van der Waals surface area contributed by atoms with Crippen LogP contribution in [0.1, 0.15) is 148 Å². The van der Waals surface area contributed by atoms with Gasteiger partial charge in [0.1, 0.15) is 0 Å². The molecule has 0 aliphatic carbocycles. The van der Waals surface area contributed by atoms with Crippen LogP contribution in [0.25, 0.3) is 0 Å². The summed E-state index contributed by atoms with van der Waals surface area (Å²) in [6.07, 6.45) is 25.5. The van der Waals surface area contributed by atoms with Crippen molar-refractivity contribution in [2.24, 2.45) is 0 Å². The number of hydrogen-bond acceptors (Lipinski definition) is 4. The number of nitro benzene ring substituents is 1. The third-order valence-corrected chi connectivity index (χ3v) is 6.97. The van der Waals surface area contributed by atoms with E-state index in [0.29, 0.717) is 30.3 Å². The molecule has 0 aromatic heterocycles. The Kier molecular flexibility index (Phi) is 20.1. The predicted molar refractivity (Wildman–Crippen MR) is 153 cm³/mol. The zero-order valence-corrected chi connectivity index (χ0v) is 23.8. The molecule has 0 bridgehead atoms. The van der Waals surface area contributed by atoms with Crippen LogP contribution in [0.4, 0.5) is 5.69 Å². The molecule has 1 aromatic carbocycles. The van der Waals surface area contributed by atoms with Crippen molar-refractivity contribution in [3.8, 4) is 11.5 Å². The third-order valence-electron chi connectivity index (χ3n) is 6.97. The van der Waals surface area contributed by atoms with E-state index in [4.69, 9.17) is 9.47 Å². The normalized spacial score (nSPS) is 11.1. The Morgan fingerprint density at radius 2 is 0.917 bits per heavy atom. The lowest BCUT2D eigenvalue weighted by Crippen LogP contribution is -2.04. The second kappa shape index (κ2) is 22.4. The fraction of sp³-hybridized carbons (Fsp3) is 0.806. The molecule has 0 amide bonds. The summed E-state index contributed by atoms with van der Waals surface area (Å²) in [4.78, 5) is 11.1. The van der Waals surface area contributed by atoms with Gasteiger partial charge in [0, 0.05) is 5.56 Å². The van der Waals surface area contributed by atoms with Crippen LogP contribution in [-0.2, 0) is 0 Å². The minimum Gasteiger partial charge on any atom is -0.490 e. The Hall–Kier alpha value is -1.78. The fourth-order valence-corrected chi connectivity index (χ4v) is 4.62. The Labute approximate surface area is 221 Å². The van der Waals surface area contributed by atoms with E-state index in [2.05, 4.69) is 13.8 Å². The molecule has 1 aromatic rings. The van der Waals surface area contributed by atoms with Gasteiger partial charge in [-0.2, -0.15) is 0 Å². The Bertz CT molecular complexity index is 677. The van der Waals surface area contributed by atoms with E-state index in [1.54, 1.807) is 19.1 Å². The van der Waals surface area contributed by atoms with Crippen LogP contribution in [0, 0.1) is 17.0 Å². The molecule has 0 N–H and O–H groups in total. The van der Waals surface area contributed by atoms with Crippen molar-refractivity contribution < 1.29 is 14.4 Å². The van der Waals surface area contributed by atoms with Gasteiger partial charge in [-0.25, -0.2) is 0 Å². The lowest BCUT2D eigenvalue weighted by molar-refractivity contribution is -0.385. The summed E-state index contributed by atoms with van der Waals surface area (Å²) in [6, 6.07) is 3.31. The van der Waals surface area contributed by atoms with Gasteiger partial charge in [-0.1, -0.05) is 129 Å². The Morgan fingerprint density at radius 1 is 0.583 bits per heavy atom. The molecule has 5 heteroatoms. The molecule has 0 aliphatic rings. The largest absolute Gasteiger partial charge is 0.490 e. The minimum atomic E-state index is -0.339. The highest BCUT2D eigenvalue weighted by molar-refractivity contribution is 5.53. The summed E-state index contributed by atoms with van der Waals surface area (Å²) in [5.74, 6) is 1.15. The topological polar surface area (TPSA) is 61.6 Å². The lowest BCUT2D eigenvalue weighted by atomic mass is 10.1. The number of nitrogens with zero attached hydrogens (tertiary/aromatic N) is 1. The van der Waals surface area contributed by atoms with Gasteiger partial charge in [0.25, 0.3) is 5.69 Å². The first-order chi connectivity index (χ1) is 17.6. The lowest BCUT2D eigenvalue weighted by Gasteiger charge is -2.14. The fourth-order valence-electron chi connectivity index (χ4n) is 4.62. The average Bonchev–Trinajstić information content (AvgIpc) is 2.86. The summed E-state index contributed by atoms with van der Waals surface area (Å²) in [7, 11) is 0. The van der Waals surface area contributed by atoms with E-state index < -0.39 is 0 Å². The van der Waals surface area contributed by atoms with Crippen LogP contribution in [-0.4, -0.2) is 18.1 Å². The summed E-state index contributed by atoms with van der Waals surface area (Å²) in [5.41, 5.74) is 0.712. The van der Waals surface area contributed by atoms with E-state index in [1.807, 2.05) is 0 Å². The number of benzene rings is 1. The third kappa shape index (κ3) is 16.1. The van der Waals surface area contributed by atoms with Crippen LogP contribution in [0.2, 0.25) is 0 Å². The molecule has 0 saturated carbocycles. The van der Waals surface area contributed by atoms with Crippen LogP contribution in [0.15, 0.2) is 12.1 Å². The number of nitro groups is 1. The number of hydrogen-bond donors (Lipinski definition) is 0. The standard InChI is InChI=1S/C31H55NO4/c1-4-6-8-10-12-14-16-18-20-22-24-35-30-26-28(3)29(32(33)34)27-31(30)36-25-23-21-19-17-15-13-11-9-7-5-2/h26-27H,4-25H2,1-3H3. The minimum absolute atomic E-state index is 0.0966. The van der Waals surface area contributed by atoms with Crippen molar-refractivity contribution in [1.29, 1.82) is 0 Å². The first-order valence-corrected chi connectivity index (χ1v) is 15.1. The van der Waals surface area contributed by atoms with E-state index in [1.165, 1.54) is 103 Å². The molecule has 5 nitrogen and oxygen atoms in total. The van der Waals surface area contributed by atoms with Crippen molar-refractivity contribution >= 4 is 5.69 Å². The SMILES string of the molecule is CCCCCCCCCCCCOc1cc(C)c([N+](=O)[O-])cc1OCCCCCCCCCCCC. The Balaban J connectivity index is 2.30. The van der Waals surface area contributed by atoms with Crippen molar-refractivity contribution in [2.45, 2.75) is 149 Å². The second-order valence-corrected chi connectivity index (χ2v) is 10.4. The van der Waals surface area contributed by atoms with E-state index in [-0.39, 0.29) is 10.6 Å². The van der Waals surface area contributed by atoms with Gasteiger partial charge in [0.05, 0.1) is 24.2 Å². The molecule has 0 heterocycles. The van der Waals surface area contributed by atoms with Crippen molar-refractivity contribution in [3.63, 3.8) is 0 Å². The number of rotatable bonds is 25.